The first-order valence-corrected chi connectivity index (χ1v) is 6.95. The summed E-state index contributed by atoms with van der Waals surface area (Å²) in [5.74, 6) is -3.35. The molecule has 0 saturated heterocycles. The van der Waals surface area contributed by atoms with Crippen molar-refractivity contribution in [1.29, 1.82) is 0 Å². The maximum Gasteiger partial charge on any atom is 0.253 e. The van der Waals surface area contributed by atoms with E-state index in [2.05, 4.69) is 5.32 Å². The second kappa shape index (κ2) is 5.93. The number of sulfonamides is 1. The van der Waals surface area contributed by atoms with Gasteiger partial charge in [-0.05, 0) is 12.5 Å². The normalized spacial score (nSPS) is 11.3. The standard InChI is InChI=1S/C10H13F2N3O3S/c11-7-4-6(9(13)5-8(7)12)10(16)15-2-1-3-19(14,17)18/h4-5H,1-3,13H2,(H,15,16)(H2,14,17,18). The van der Waals surface area contributed by atoms with E-state index < -0.39 is 27.6 Å². The van der Waals surface area contributed by atoms with Crippen LogP contribution in [0, 0.1) is 11.6 Å². The van der Waals surface area contributed by atoms with Gasteiger partial charge in [-0.2, -0.15) is 0 Å². The molecule has 0 fully saturated rings. The Morgan fingerprint density at radius 2 is 1.84 bits per heavy atom. The molecule has 0 aliphatic heterocycles. The maximum absolute atomic E-state index is 13.0. The molecule has 9 heteroatoms. The fraction of sp³-hybridized carbons (Fsp3) is 0.300. The van der Waals surface area contributed by atoms with Gasteiger partial charge >= 0.3 is 0 Å². The molecule has 106 valence electrons. The Labute approximate surface area is 108 Å². The molecule has 0 aliphatic rings. The fourth-order valence-electron chi connectivity index (χ4n) is 1.33. The van der Waals surface area contributed by atoms with Crippen LogP contribution in [-0.4, -0.2) is 26.6 Å². The molecule has 0 unspecified atom stereocenters. The van der Waals surface area contributed by atoms with E-state index in [0.29, 0.717) is 12.1 Å². The van der Waals surface area contributed by atoms with Gasteiger partial charge in [0.25, 0.3) is 5.91 Å². The lowest BCUT2D eigenvalue weighted by molar-refractivity contribution is 0.0954. The highest BCUT2D eigenvalue weighted by molar-refractivity contribution is 7.89. The first kappa shape index (κ1) is 15.3. The van der Waals surface area contributed by atoms with E-state index in [-0.39, 0.29) is 30.0 Å². The van der Waals surface area contributed by atoms with Crippen LogP contribution in [-0.2, 0) is 10.0 Å². The second-order valence-electron chi connectivity index (χ2n) is 3.83. The predicted octanol–water partition coefficient (Wildman–Crippen LogP) is -0.0446. The van der Waals surface area contributed by atoms with Crippen molar-refractivity contribution in [3.63, 3.8) is 0 Å². The highest BCUT2D eigenvalue weighted by Gasteiger charge is 2.14. The van der Waals surface area contributed by atoms with Crippen LogP contribution < -0.4 is 16.2 Å². The Hall–Kier alpha value is -1.74. The fourth-order valence-corrected chi connectivity index (χ4v) is 1.88. The van der Waals surface area contributed by atoms with E-state index >= 15 is 0 Å². The molecule has 0 aliphatic carbocycles. The van der Waals surface area contributed by atoms with Crippen LogP contribution in [0.1, 0.15) is 16.8 Å². The number of nitrogens with one attached hydrogen (secondary N) is 1. The summed E-state index contributed by atoms with van der Waals surface area (Å²) < 4.78 is 47.0. The van der Waals surface area contributed by atoms with Crippen molar-refractivity contribution in [2.45, 2.75) is 6.42 Å². The third kappa shape index (κ3) is 4.79. The Bertz CT molecular complexity index is 590. The van der Waals surface area contributed by atoms with Gasteiger partial charge in [-0.15, -0.1) is 0 Å². The van der Waals surface area contributed by atoms with Crippen molar-refractivity contribution < 1.29 is 22.0 Å². The molecule has 0 saturated carbocycles. The second-order valence-corrected chi connectivity index (χ2v) is 5.56. The molecular weight excluding hydrogens is 280 g/mol. The van der Waals surface area contributed by atoms with Crippen molar-refractivity contribution in [3.05, 3.63) is 29.3 Å². The molecular formula is C10H13F2N3O3S. The van der Waals surface area contributed by atoms with E-state index in [1.165, 1.54) is 0 Å². The minimum atomic E-state index is -3.59. The zero-order chi connectivity index (χ0) is 14.6. The zero-order valence-corrected chi connectivity index (χ0v) is 10.6. The highest BCUT2D eigenvalue weighted by Crippen LogP contribution is 2.16. The van der Waals surface area contributed by atoms with Crippen LogP contribution in [0.4, 0.5) is 14.5 Å². The number of hydrogen-bond acceptors (Lipinski definition) is 4. The van der Waals surface area contributed by atoms with Gasteiger partial charge in [-0.25, -0.2) is 22.3 Å². The molecule has 5 N–H and O–H groups in total. The largest absolute Gasteiger partial charge is 0.398 e. The van der Waals surface area contributed by atoms with Crippen LogP contribution in [0.3, 0.4) is 0 Å². The average Bonchev–Trinajstić information content (AvgIpc) is 2.28. The molecule has 0 heterocycles. The van der Waals surface area contributed by atoms with Crippen molar-refractivity contribution in [2.75, 3.05) is 18.0 Å². The Morgan fingerprint density at radius 3 is 2.42 bits per heavy atom. The van der Waals surface area contributed by atoms with Gasteiger partial charge in [0, 0.05) is 18.3 Å². The molecule has 0 bridgehead atoms. The van der Waals surface area contributed by atoms with Crippen LogP contribution >= 0.6 is 0 Å². The lowest BCUT2D eigenvalue weighted by atomic mass is 10.1. The molecule has 1 amide bonds. The van der Waals surface area contributed by atoms with Crippen molar-refractivity contribution in [1.82, 2.24) is 5.32 Å². The molecule has 1 rings (SSSR count). The Balaban J connectivity index is 2.62. The van der Waals surface area contributed by atoms with Gasteiger partial charge in [-0.3, -0.25) is 4.79 Å². The van der Waals surface area contributed by atoms with Gasteiger partial charge < -0.3 is 11.1 Å². The third-order valence-electron chi connectivity index (χ3n) is 2.23. The minimum Gasteiger partial charge on any atom is -0.398 e. The van der Waals surface area contributed by atoms with E-state index in [1.54, 1.807) is 0 Å². The predicted molar refractivity (Wildman–Crippen MR) is 65.7 cm³/mol. The summed E-state index contributed by atoms with van der Waals surface area (Å²) in [6.07, 6.45) is 0.105. The third-order valence-corrected chi connectivity index (χ3v) is 3.09. The highest BCUT2D eigenvalue weighted by atomic mass is 32.2. The molecule has 0 radical (unpaired) electrons. The van der Waals surface area contributed by atoms with Crippen LogP contribution in [0.15, 0.2) is 12.1 Å². The number of primary sulfonamides is 1. The van der Waals surface area contributed by atoms with Crippen LogP contribution in [0.5, 0.6) is 0 Å². The number of hydrogen-bond donors (Lipinski definition) is 3. The summed E-state index contributed by atoms with van der Waals surface area (Å²) in [6.45, 7) is 0.0215. The number of benzene rings is 1. The monoisotopic (exact) mass is 293 g/mol. The number of anilines is 1. The Kier molecular flexibility index (Phi) is 4.78. The van der Waals surface area contributed by atoms with Gasteiger partial charge in [0.2, 0.25) is 10.0 Å². The zero-order valence-electron chi connectivity index (χ0n) is 9.82. The molecule has 0 spiro atoms. The first-order valence-electron chi connectivity index (χ1n) is 5.24. The summed E-state index contributed by atoms with van der Waals surface area (Å²) >= 11 is 0. The first-order chi connectivity index (χ1) is 8.70. The summed E-state index contributed by atoms with van der Waals surface area (Å²) in [4.78, 5) is 11.6. The molecule has 1 aromatic carbocycles. The van der Waals surface area contributed by atoms with Crippen molar-refractivity contribution in [3.8, 4) is 0 Å². The lowest BCUT2D eigenvalue weighted by Crippen LogP contribution is -2.28. The summed E-state index contributed by atoms with van der Waals surface area (Å²) in [7, 11) is -3.59. The van der Waals surface area contributed by atoms with Gasteiger partial charge in [0.1, 0.15) is 0 Å². The van der Waals surface area contributed by atoms with E-state index in [9.17, 15) is 22.0 Å². The maximum atomic E-state index is 13.0. The molecule has 19 heavy (non-hydrogen) atoms. The van der Waals surface area contributed by atoms with E-state index in [0.717, 1.165) is 0 Å². The number of rotatable bonds is 5. The minimum absolute atomic E-state index is 0.0215. The summed E-state index contributed by atoms with van der Waals surface area (Å²) in [5, 5.41) is 7.10. The van der Waals surface area contributed by atoms with Gasteiger partial charge in [0.15, 0.2) is 11.6 Å². The SMILES string of the molecule is Nc1cc(F)c(F)cc1C(=O)NCCCS(N)(=O)=O. The van der Waals surface area contributed by atoms with Crippen LogP contribution in [0.2, 0.25) is 0 Å². The van der Waals surface area contributed by atoms with Gasteiger partial charge in [-0.1, -0.05) is 0 Å². The topological polar surface area (TPSA) is 115 Å². The quantitative estimate of drug-likeness (QED) is 0.521. The van der Waals surface area contributed by atoms with E-state index in [4.69, 9.17) is 10.9 Å². The van der Waals surface area contributed by atoms with Crippen LogP contribution in [0.25, 0.3) is 0 Å². The Morgan fingerprint density at radius 1 is 1.26 bits per heavy atom. The number of carbonyl (C=O) groups excluding carboxylic acids is 1. The summed E-state index contributed by atoms with van der Waals surface area (Å²) in [5.41, 5.74) is 4.96. The molecule has 0 aromatic heterocycles. The van der Waals surface area contributed by atoms with Crippen molar-refractivity contribution in [2.24, 2.45) is 5.14 Å². The number of nitrogen functional groups attached to an aromatic ring is 1. The summed E-state index contributed by atoms with van der Waals surface area (Å²) in [6, 6.07) is 1.38. The molecule has 6 nitrogen and oxygen atoms in total. The van der Waals surface area contributed by atoms with Gasteiger partial charge in [0.05, 0.1) is 11.3 Å². The number of carbonyl (C=O) groups is 1. The van der Waals surface area contributed by atoms with E-state index in [1.807, 2.05) is 0 Å². The number of nitrogens with two attached hydrogens (primary N) is 2. The lowest BCUT2D eigenvalue weighted by Gasteiger charge is -2.07. The smallest absolute Gasteiger partial charge is 0.253 e. The number of halogens is 2. The molecule has 0 atom stereocenters. The van der Waals surface area contributed by atoms with Crippen molar-refractivity contribution >= 4 is 21.6 Å². The molecule has 1 aromatic rings. The average molecular weight is 293 g/mol. The number of amides is 1.